The molecule has 0 unspecified atom stereocenters. The van der Waals surface area contributed by atoms with Crippen molar-refractivity contribution in [3.8, 4) is 0 Å². The highest BCUT2D eigenvalue weighted by molar-refractivity contribution is 5.95. The number of rotatable bonds is 4. The van der Waals surface area contributed by atoms with Gasteiger partial charge in [0.15, 0.2) is 0 Å². The van der Waals surface area contributed by atoms with E-state index in [1.165, 1.54) is 5.56 Å². The molecule has 0 atom stereocenters. The maximum atomic E-state index is 12.1. The third-order valence-corrected chi connectivity index (χ3v) is 3.44. The molecule has 0 fully saturated rings. The maximum absolute atomic E-state index is 12.1. The van der Waals surface area contributed by atoms with Crippen molar-refractivity contribution in [1.82, 2.24) is 4.98 Å². The van der Waals surface area contributed by atoms with Crippen molar-refractivity contribution in [1.29, 1.82) is 0 Å². The minimum atomic E-state index is -0.0641. The first-order valence-corrected chi connectivity index (χ1v) is 6.95. The molecule has 0 radical (unpaired) electrons. The van der Waals surface area contributed by atoms with E-state index in [9.17, 15) is 4.79 Å². The summed E-state index contributed by atoms with van der Waals surface area (Å²) in [7, 11) is 0. The van der Waals surface area contributed by atoms with Gasteiger partial charge in [-0.05, 0) is 36.2 Å². The molecule has 106 valence electrons. The third kappa shape index (κ3) is 2.94. The summed E-state index contributed by atoms with van der Waals surface area (Å²) >= 11 is 0. The second-order valence-corrected chi connectivity index (χ2v) is 4.91. The van der Waals surface area contributed by atoms with Crippen LogP contribution >= 0.6 is 0 Å². The topological polar surface area (TPSA) is 55.1 Å². The van der Waals surface area contributed by atoms with Gasteiger partial charge >= 0.3 is 0 Å². The number of nitrogens with one attached hydrogen (secondary N) is 1. The molecule has 2 aromatic heterocycles. The summed E-state index contributed by atoms with van der Waals surface area (Å²) in [6.45, 7) is 2.11. The highest BCUT2D eigenvalue weighted by Crippen LogP contribution is 2.23. The van der Waals surface area contributed by atoms with Crippen LogP contribution in [0.15, 0.2) is 53.4 Å². The summed E-state index contributed by atoms with van der Waals surface area (Å²) in [4.78, 5) is 16.0. The van der Waals surface area contributed by atoms with Gasteiger partial charge in [0, 0.05) is 29.0 Å². The molecule has 1 aromatic carbocycles. The van der Waals surface area contributed by atoms with E-state index in [0.29, 0.717) is 6.42 Å². The highest BCUT2D eigenvalue weighted by atomic mass is 16.3. The number of hydrogen-bond acceptors (Lipinski definition) is 3. The van der Waals surface area contributed by atoms with Crippen molar-refractivity contribution in [3.05, 3.63) is 60.1 Å². The second kappa shape index (κ2) is 5.79. The van der Waals surface area contributed by atoms with Crippen LogP contribution in [0.2, 0.25) is 0 Å². The zero-order valence-corrected chi connectivity index (χ0v) is 11.8. The number of carbonyl (C=O) groups is 1. The number of furan rings is 1. The van der Waals surface area contributed by atoms with Crippen LogP contribution in [0.5, 0.6) is 0 Å². The van der Waals surface area contributed by atoms with Gasteiger partial charge in [0.2, 0.25) is 5.91 Å². The molecule has 3 aromatic rings. The SMILES string of the molecule is CCc1ccc2occ(CC(=O)Nc3ccncc3)c2c1. The number of fused-ring (bicyclic) bond motifs is 1. The van der Waals surface area contributed by atoms with Gasteiger partial charge in [0.1, 0.15) is 5.58 Å². The molecular weight excluding hydrogens is 264 g/mol. The molecular formula is C17H16N2O2. The number of amides is 1. The zero-order valence-electron chi connectivity index (χ0n) is 11.8. The van der Waals surface area contributed by atoms with Crippen molar-refractivity contribution in [2.45, 2.75) is 19.8 Å². The van der Waals surface area contributed by atoms with Crippen LogP contribution in [0, 0.1) is 0 Å². The first-order chi connectivity index (χ1) is 10.3. The molecule has 1 N–H and O–H groups in total. The summed E-state index contributed by atoms with van der Waals surface area (Å²) < 4.78 is 5.51. The van der Waals surface area contributed by atoms with E-state index in [-0.39, 0.29) is 5.91 Å². The van der Waals surface area contributed by atoms with E-state index in [2.05, 4.69) is 23.3 Å². The molecule has 0 saturated heterocycles. The van der Waals surface area contributed by atoms with Gasteiger partial charge in [0.05, 0.1) is 12.7 Å². The standard InChI is InChI=1S/C17H16N2O2/c1-2-12-3-4-16-15(9-12)13(11-21-16)10-17(20)19-14-5-7-18-8-6-14/h3-9,11H,2,10H2,1H3,(H,18,19,20). The molecule has 0 aliphatic rings. The third-order valence-electron chi connectivity index (χ3n) is 3.44. The molecule has 0 saturated carbocycles. The number of hydrogen-bond donors (Lipinski definition) is 1. The Morgan fingerprint density at radius 1 is 1.24 bits per heavy atom. The lowest BCUT2D eigenvalue weighted by molar-refractivity contribution is -0.115. The minimum absolute atomic E-state index is 0.0641. The molecule has 0 aliphatic heterocycles. The van der Waals surface area contributed by atoms with Gasteiger partial charge in [-0.2, -0.15) is 0 Å². The lowest BCUT2D eigenvalue weighted by Gasteiger charge is -2.04. The van der Waals surface area contributed by atoms with E-state index < -0.39 is 0 Å². The lowest BCUT2D eigenvalue weighted by Crippen LogP contribution is -2.14. The van der Waals surface area contributed by atoms with E-state index >= 15 is 0 Å². The molecule has 3 rings (SSSR count). The van der Waals surface area contributed by atoms with Crippen LogP contribution in [0.25, 0.3) is 11.0 Å². The largest absolute Gasteiger partial charge is 0.464 e. The Kier molecular flexibility index (Phi) is 3.69. The Bertz CT molecular complexity index is 763. The van der Waals surface area contributed by atoms with Crippen molar-refractivity contribution < 1.29 is 9.21 Å². The van der Waals surface area contributed by atoms with E-state index in [1.807, 2.05) is 12.1 Å². The van der Waals surface area contributed by atoms with Crippen LogP contribution < -0.4 is 5.32 Å². The Hall–Kier alpha value is -2.62. The average molecular weight is 280 g/mol. The van der Waals surface area contributed by atoms with Gasteiger partial charge in [-0.25, -0.2) is 0 Å². The second-order valence-electron chi connectivity index (χ2n) is 4.91. The number of benzene rings is 1. The molecule has 2 heterocycles. The maximum Gasteiger partial charge on any atom is 0.228 e. The fraction of sp³-hybridized carbons (Fsp3) is 0.176. The minimum Gasteiger partial charge on any atom is -0.464 e. The monoisotopic (exact) mass is 280 g/mol. The number of aryl methyl sites for hydroxylation is 1. The zero-order chi connectivity index (χ0) is 14.7. The normalized spacial score (nSPS) is 10.7. The number of anilines is 1. The molecule has 4 nitrogen and oxygen atoms in total. The van der Waals surface area contributed by atoms with Crippen molar-refractivity contribution in [3.63, 3.8) is 0 Å². The van der Waals surface area contributed by atoms with Crippen molar-refractivity contribution in [2.75, 3.05) is 5.32 Å². The summed E-state index contributed by atoms with van der Waals surface area (Å²) in [6, 6.07) is 9.63. The first kappa shape index (κ1) is 13.4. The highest BCUT2D eigenvalue weighted by Gasteiger charge is 2.11. The van der Waals surface area contributed by atoms with Gasteiger partial charge in [-0.3, -0.25) is 9.78 Å². The van der Waals surface area contributed by atoms with Gasteiger partial charge in [-0.1, -0.05) is 13.0 Å². The van der Waals surface area contributed by atoms with E-state index in [0.717, 1.165) is 28.6 Å². The van der Waals surface area contributed by atoms with Crippen molar-refractivity contribution in [2.24, 2.45) is 0 Å². The van der Waals surface area contributed by atoms with Crippen LogP contribution in [0.4, 0.5) is 5.69 Å². The van der Waals surface area contributed by atoms with Gasteiger partial charge in [-0.15, -0.1) is 0 Å². The fourth-order valence-electron chi connectivity index (χ4n) is 2.30. The summed E-state index contributed by atoms with van der Waals surface area (Å²) in [6.07, 6.45) is 6.22. The Morgan fingerprint density at radius 2 is 2.05 bits per heavy atom. The molecule has 0 spiro atoms. The first-order valence-electron chi connectivity index (χ1n) is 6.95. The van der Waals surface area contributed by atoms with Gasteiger partial charge in [0.25, 0.3) is 0 Å². The predicted molar refractivity (Wildman–Crippen MR) is 82.2 cm³/mol. The predicted octanol–water partition coefficient (Wildman–Crippen LogP) is 3.57. The Balaban J connectivity index is 1.79. The Labute approximate surface area is 122 Å². The van der Waals surface area contributed by atoms with Crippen LogP contribution in [-0.2, 0) is 17.6 Å². The molecule has 4 heteroatoms. The number of pyridine rings is 1. The van der Waals surface area contributed by atoms with E-state index in [1.54, 1.807) is 30.8 Å². The van der Waals surface area contributed by atoms with Crippen molar-refractivity contribution >= 4 is 22.6 Å². The average Bonchev–Trinajstić information content (AvgIpc) is 2.90. The molecule has 21 heavy (non-hydrogen) atoms. The summed E-state index contributed by atoms with van der Waals surface area (Å²) in [5.74, 6) is -0.0641. The Morgan fingerprint density at radius 3 is 2.81 bits per heavy atom. The van der Waals surface area contributed by atoms with Gasteiger partial charge < -0.3 is 9.73 Å². The molecule has 0 aliphatic carbocycles. The number of nitrogens with zero attached hydrogens (tertiary/aromatic N) is 1. The summed E-state index contributed by atoms with van der Waals surface area (Å²) in [5.41, 5.74) is 3.71. The lowest BCUT2D eigenvalue weighted by atomic mass is 10.1. The molecule has 1 amide bonds. The van der Waals surface area contributed by atoms with Crippen LogP contribution in [-0.4, -0.2) is 10.9 Å². The number of carbonyl (C=O) groups excluding carboxylic acids is 1. The van der Waals surface area contributed by atoms with E-state index in [4.69, 9.17) is 4.42 Å². The molecule has 0 bridgehead atoms. The van der Waals surface area contributed by atoms with Crippen LogP contribution in [0.1, 0.15) is 18.1 Å². The quantitative estimate of drug-likeness (QED) is 0.794. The smallest absolute Gasteiger partial charge is 0.228 e. The van der Waals surface area contributed by atoms with Crippen LogP contribution in [0.3, 0.4) is 0 Å². The summed E-state index contributed by atoms with van der Waals surface area (Å²) in [5, 5.41) is 3.87. The number of aromatic nitrogens is 1. The fourth-order valence-corrected chi connectivity index (χ4v) is 2.30.